The van der Waals surface area contributed by atoms with Crippen LogP contribution >= 0.6 is 11.3 Å². The summed E-state index contributed by atoms with van der Waals surface area (Å²) in [4.78, 5) is 30.6. The van der Waals surface area contributed by atoms with Gasteiger partial charge in [-0.15, -0.1) is 11.3 Å². The van der Waals surface area contributed by atoms with Crippen LogP contribution in [0, 0.1) is 0 Å². The molecule has 1 aromatic rings. The highest BCUT2D eigenvalue weighted by Crippen LogP contribution is 2.22. The number of hydrogen-bond donors (Lipinski definition) is 1. The third-order valence-corrected chi connectivity index (χ3v) is 4.27. The van der Waals surface area contributed by atoms with Gasteiger partial charge in [0, 0.05) is 31.9 Å². The number of morpholine rings is 1. The van der Waals surface area contributed by atoms with E-state index in [9.17, 15) is 14.7 Å². The second-order valence-electron chi connectivity index (χ2n) is 4.78. The van der Waals surface area contributed by atoms with Gasteiger partial charge >= 0.3 is 5.97 Å². The van der Waals surface area contributed by atoms with Gasteiger partial charge in [-0.25, -0.2) is 4.98 Å². The van der Waals surface area contributed by atoms with Crippen LogP contribution < -0.4 is 4.90 Å². The number of carboxylic acids is 1. The van der Waals surface area contributed by atoms with Crippen LogP contribution in [0.1, 0.15) is 19.5 Å². The Morgan fingerprint density at radius 2 is 2.38 bits per heavy atom. The smallest absolute Gasteiger partial charge is 0.323 e. The van der Waals surface area contributed by atoms with E-state index < -0.39 is 12.0 Å². The van der Waals surface area contributed by atoms with Crippen molar-refractivity contribution in [3.63, 3.8) is 0 Å². The van der Waals surface area contributed by atoms with Crippen molar-refractivity contribution in [1.82, 2.24) is 9.88 Å². The number of aromatic nitrogens is 1. The fourth-order valence-electron chi connectivity index (χ4n) is 2.25. The van der Waals surface area contributed by atoms with Crippen molar-refractivity contribution >= 4 is 28.3 Å². The fraction of sp³-hybridized carbons (Fsp3) is 0.615. The van der Waals surface area contributed by atoms with E-state index in [-0.39, 0.29) is 12.5 Å². The number of carboxylic acid groups (broad SMARTS) is 1. The molecule has 2 heterocycles. The first-order chi connectivity index (χ1) is 10.0. The number of aliphatic carboxylic acids is 1. The summed E-state index contributed by atoms with van der Waals surface area (Å²) < 4.78 is 5.21. The molecule has 1 atom stereocenters. The molecule has 8 heteroatoms. The second kappa shape index (κ2) is 6.97. The van der Waals surface area contributed by atoms with E-state index in [0.29, 0.717) is 31.4 Å². The van der Waals surface area contributed by atoms with E-state index in [1.807, 2.05) is 17.2 Å². The van der Waals surface area contributed by atoms with Gasteiger partial charge in [0.15, 0.2) is 5.13 Å². The first kappa shape index (κ1) is 15.9. The average molecular weight is 313 g/mol. The van der Waals surface area contributed by atoms with Crippen molar-refractivity contribution < 1.29 is 19.4 Å². The number of nitrogens with zero attached hydrogens (tertiary/aromatic N) is 3. The highest BCUT2D eigenvalue weighted by atomic mass is 32.1. The zero-order valence-corrected chi connectivity index (χ0v) is 12.9. The minimum Gasteiger partial charge on any atom is -0.480 e. The summed E-state index contributed by atoms with van der Waals surface area (Å²) >= 11 is 1.40. The standard InChI is InChI=1S/C13H19N3O4S/c1-3-16(9(2)17)13-14-10(8-21-13)6-15-4-5-20-7-11(15)12(18)19/h8,11H,3-7H2,1-2H3,(H,18,19). The van der Waals surface area contributed by atoms with Gasteiger partial charge in [-0.3, -0.25) is 19.4 Å². The summed E-state index contributed by atoms with van der Waals surface area (Å²) in [5.41, 5.74) is 0.780. The molecule has 0 radical (unpaired) electrons. The van der Waals surface area contributed by atoms with Crippen molar-refractivity contribution in [3.05, 3.63) is 11.1 Å². The Morgan fingerprint density at radius 3 is 3.00 bits per heavy atom. The Morgan fingerprint density at radius 1 is 1.62 bits per heavy atom. The van der Waals surface area contributed by atoms with Crippen LogP contribution in [-0.2, 0) is 20.9 Å². The lowest BCUT2D eigenvalue weighted by Crippen LogP contribution is -2.49. The summed E-state index contributed by atoms with van der Waals surface area (Å²) in [7, 11) is 0. The van der Waals surface area contributed by atoms with Gasteiger partial charge in [-0.05, 0) is 6.92 Å². The number of carbonyl (C=O) groups excluding carboxylic acids is 1. The van der Waals surface area contributed by atoms with Crippen LogP contribution in [-0.4, -0.2) is 59.2 Å². The van der Waals surface area contributed by atoms with Gasteiger partial charge in [0.25, 0.3) is 0 Å². The normalized spacial score (nSPS) is 19.4. The maximum absolute atomic E-state index is 11.5. The van der Waals surface area contributed by atoms with Crippen molar-refractivity contribution in [1.29, 1.82) is 0 Å². The number of anilines is 1. The molecule has 1 saturated heterocycles. The van der Waals surface area contributed by atoms with Crippen LogP contribution in [0.4, 0.5) is 5.13 Å². The fourth-order valence-corrected chi connectivity index (χ4v) is 3.17. The predicted octanol–water partition coefficient (Wildman–Crippen LogP) is 0.801. The number of hydrogen-bond acceptors (Lipinski definition) is 6. The monoisotopic (exact) mass is 313 g/mol. The van der Waals surface area contributed by atoms with Crippen LogP contribution in [0.15, 0.2) is 5.38 Å². The van der Waals surface area contributed by atoms with E-state index >= 15 is 0 Å². The average Bonchev–Trinajstić information content (AvgIpc) is 2.87. The van der Waals surface area contributed by atoms with Gasteiger partial charge in [0.2, 0.25) is 5.91 Å². The molecule has 1 fully saturated rings. The zero-order chi connectivity index (χ0) is 15.4. The first-order valence-corrected chi connectivity index (χ1v) is 7.68. The first-order valence-electron chi connectivity index (χ1n) is 6.80. The Bertz CT molecular complexity index is 519. The Kier molecular flexibility index (Phi) is 5.27. The molecule has 0 aliphatic carbocycles. The number of ether oxygens (including phenoxy) is 1. The molecule has 0 spiro atoms. The quantitative estimate of drug-likeness (QED) is 0.866. The van der Waals surface area contributed by atoms with Gasteiger partial charge in [-0.1, -0.05) is 0 Å². The molecule has 1 N–H and O–H groups in total. The largest absolute Gasteiger partial charge is 0.480 e. The lowest BCUT2D eigenvalue weighted by Gasteiger charge is -2.32. The maximum atomic E-state index is 11.5. The maximum Gasteiger partial charge on any atom is 0.323 e. The molecule has 0 bridgehead atoms. The minimum atomic E-state index is -0.885. The Balaban J connectivity index is 2.07. The molecule has 2 rings (SSSR count). The van der Waals surface area contributed by atoms with Crippen LogP contribution in [0.2, 0.25) is 0 Å². The van der Waals surface area contributed by atoms with Gasteiger partial charge in [0.05, 0.1) is 18.9 Å². The lowest BCUT2D eigenvalue weighted by atomic mass is 10.2. The minimum absolute atomic E-state index is 0.0480. The third-order valence-electron chi connectivity index (χ3n) is 3.36. The number of thiazole rings is 1. The van der Waals surface area contributed by atoms with E-state index in [1.54, 1.807) is 4.90 Å². The predicted molar refractivity (Wildman–Crippen MR) is 78.5 cm³/mol. The third kappa shape index (κ3) is 3.78. The van der Waals surface area contributed by atoms with E-state index in [1.165, 1.54) is 18.3 Å². The van der Waals surface area contributed by atoms with E-state index in [2.05, 4.69) is 4.98 Å². The van der Waals surface area contributed by atoms with E-state index in [4.69, 9.17) is 4.74 Å². The number of carbonyl (C=O) groups is 2. The number of amides is 1. The van der Waals surface area contributed by atoms with Gasteiger partial charge in [-0.2, -0.15) is 0 Å². The van der Waals surface area contributed by atoms with Gasteiger partial charge < -0.3 is 9.84 Å². The molecule has 1 aliphatic rings. The summed E-state index contributed by atoms with van der Waals surface area (Å²) in [6.45, 7) is 5.70. The molecule has 1 unspecified atom stereocenters. The van der Waals surface area contributed by atoms with Crippen LogP contribution in [0.3, 0.4) is 0 Å². The van der Waals surface area contributed by atoms with Crippen molar-refractivity contribution in [2.45, 2.75) is 26.4 Å². The molecule has 1 aliphatic heterocycles. The summed E-state index contributed by atoms with van der Waals surface area (Å²) in [5, 5.41) is 11.7. The highest BCUT2D eigenvalue weighted by molar-refractivity contribution is 7.14. The summed E-state index contributed by atoms with van der Waals surface area (Å²) in [5.74, 6) is -0.933. The van der Waals surface area contributed by atoms with Crippen LogP contribution in [0.25, 0.3) is 0 Å². The topological polar surface area (TPSA) is 83.0 Å². The number of rotatable bonds is 5. The Hall–Kier alpha value is -1.51. The molecule has 116 valence electrons. The van der Waals surface area contributed by atoms with Crippen LogP contribution in [0.5, 0.6) is 0 Å². The molecule has 1 aromatic heterocycles. The molecule has 1 amide bonds. The van der Waals surface area contributed by atoms with Gasteiger partial charge in [0.1, 0.15) is 6.04 Å². The van der Waals surface area contributed by atoms with E-state index in [0.717, 1.165) is 5.69 Å². The molecule has 21 heavy (non-hydrogen) atoms. The Labute approximate surface area is 127 Å². The molecule has 7 nitrogen and oxygen atoms in total. The summed E-state index contributed by atoms with van der Waals surface area (Å²) in [6.07, 6.45) is 0. The van der Waals surface area contributed by atoms with Crippen molar-refractivity contribution in [2.75, 3.05) is 31.2 Å². The highest BCUT2D eigenvalue weighted by Gasteiger charge is 2.29. The molecular weight excluding hydrogens is 294 g/mol. The molecule has 0 saturated carbocycles. The summed E-state index contributed by atoms with van der Waals surface area (Å²) in [6, 6.07) is -0.640. The lowest BCUT2D eigenvalue weighted by molar-refractivity contribution is -0.150. The zero-order valence-electron chi connectivity index (χ0n) is 12.1. The van der Waals surface area contributed by atoms with Crippen molar-refractivity contribution in [2.24, 2.45) is 0 Å². The van der Waals surface area contributed by atoms with Crippen molar-refractivity contribution in [3.8, 4) is 0 Å². The SMILES string of the molecule is CCN(C(C)=O)c1nc(CN2CCOCC2C(=O)O)cs1. The second-order valence-corrected chi connectivity index (χ2v) is 5.62. The molecule has 0 aromatic carbocycles. The molecular formula is C13H19N3O4S.